The zero-order valence-corrected chi connectivity index (χ0v) is 18.6. The number of halogens is 2. The molecule has 4 nitrogen and oxygen atoms in total. The first-order chi connectivity index (χ1) is 13.2. The molecule has 0 unspecified atom stereocenters. The summed E-state index contributed by atoms with van der Waals surface area (Å²) in [5.74, 6) is 0.598. The van der Waals surface area contributed by atoms with E-state index in [1.165, 1.54) is 5.56 Å². The Kier molecular flexibility index (Phi) is 9.18. The maximum Gasteiger partial charge on any atom is 0.191 e. The number of hydrogen-bond donors (Lipinski definition) is 2. The molecular formula is C22H29FIN3O. The second-order valence-electron chi connectivity index (χ2n) is 6.93. The molecule has 2 aromatic carbocycles. The molecule has 1 saturated heterocycles. The van der Waals surface area contributed by atoms with Crippen LogP contribution in [0.3, 0.4) is 0 Å². The molecule has 0 bridgehead atoms. The first-order valence-electron chi connectivity index (χ1n) is 9.62. The molecule has 6 heteroatoms. The van der Waals surface area contributed by atoms with Crippen LogP contribution in [0.1, 0.15) is 30.9 Å². The van der Waals surface area contributed by atoms with Crippen molar-refractivity contribution in [2.75, 3.05) is 26.3 Å². The lowest BCUT2D eigenvalue weighted by Gasteiger charge is -2.38. The highest BCUT2D eigenvalue weighted by Crippen LogP contribution is 2.34. The highest BCUT2D eigenvalue weighted by atomic mass is 127. The molecule has 1 aliphatic rings. The van der Waals surface area contributed by atoms with Crippen LogP contribution in [0.15, 0.2) is 59.6 Å². The van der Waals surface area contributed by atoms with E-state index in [4.69, 9.17) is 9.73 Å². The van der Waals surface area contributed by atoms with Crippen molar-refractivity contribution >= 4 is 29.9 Å². The van der Waals surface area contributed by atoms with Crippen LogP contribution in [-0.2, 0) is 16.7 Å². The minimum absolute atomic E-state index is 0. The highest BCUT2D eigenvalue weighted by molar-refractivity contribution is 14.0. The van der Waals surface area contributed by atoms with Crippen LogP contribution < -0.4 is 10.6 Å². The summed E-state index contributed by atoms with van der Waals surface area (Å²) in [6.45, 7) is 5.66. The molecule has 0 aromatic heterocycles. The summed E-state index contributed by atoms with van der Waals surface area (Å²) in [6, 6.07) is 17.1. The summed E-state index contributed by atoms with van der Waals surface area (Å²) >= 11 is 0. The van der Waals surface area contributed by atoms with Gasteiger partial charge in [-0.3, -0.25) is 0 Å². The van der Waals surface area contributed by atoms with E-state index in [1.807, 2.05) is 30.3 Å². The fraction of sp³-hybridized carbons (Fsp3) is 0.409. The lowest BCUT2D eigenvalue weighted by molar-refractivity contribution is 0.0513. The molecule has 2 N–H and O–H groups in total. The van der Waals surface area contributed by atoms with Crippen LogP contribution in [0.25, 0.3) is 0 Å². The van der Waals surface area contributed by atoms with Gasteiger partial charge in [0.05, 0.1) is 6.54 Å². The van der Waals surface area contributed by atoms with E-state index in [1.54, 1.807) is 12.1 Å². The summed E-state index contributed by atoms with van der Waals surface area (Å²) in [7, 11) is 0. The number of benzene rings is 2. The Bertz CT molecular complexity index is 731. The largest absolute Gasteiger partial charge is 0.381 e. The van der Waals surface area contributed by atoms with Gasteiger partial charge in [0.1, 0.15) is 5.82 Å². The Morgan fingerprint density at radius 2 is 1.71 bits per heavy atom. The molecule has 0 aliphatic carbocycles. The Hall–Kier alpha value is -1.67. The van der Waals surface area contributed by atoms with Gasteiger partial charge in [0, 0.05) is 31.7 Å². The third kappa shape index (κ3) is 6.17. The minimum atomic E-state index is -0.202. The smallest absolute Gasteiger partial charge is 0.191 e. The average molecular weight is 497 g/mol. The molecule has 0 amide bonds. The van der Waals surface area contributed by atoms with Gasteiger partial charge in [-0.05, 0) is 43.0 Å². The Labute approximate surface area is 184 Å². The van der Waals surface area contributed by atoms with Gasteiger partial charge in [0.15, 0.2) is 5.96 Å². The van der Waals surface area contributed by atoms with Gasteiger partial charge >= 0.3 is 0 Å². The maximum absolute atomic E-state index is 13.4. The van der Waals surface area contributed by atoms with E-state index in [0.29, 0.717) is 6.54 Å². The van der Waals surface area contributed by atoms with Gasteiger partial charge in [-0.2, -0.15) is 0 Å². The fourth-order valence-corrected chi connectivity index (χ4v) is 3.48. The van der Waals surface area contributed by atoms with E-state index >= 15 is 0 Å². The zero-order chi connectivity index (χ0) is 19.0. The third-order valence-electron chi connectivity index (χ3n) is 5.11. The molecule has 0 atom stereocenters. The van der Waals surface area contributed by atoms with Crippen molar-refractivity contribution < 1.29 is 9.13 Å². The molecule has 1 aliphatic heterocycles. The van der Waals surface area contributed by atoms with E-state index in [2.05, 4.69) is 29.7 Å². The second kappa shape index (κ2) is 11.4. The summed E-state index contributed by atoms with van der Waals surface area (Å²) < 4.78 is 19.0. The highest BCUT2D eigenvalue weighted by Gasteiger charge is 2.34. The van der Waals surface area contributed by atoms with Gasteiger partial charge in [0.25, 0.3) is 0 Å². The standard InChI is InChI=1S/C22H28FN3O.HI/c1-2-24-21(25-16-18-6-4-3-5-7-18)26-17-22(12-14-27-15-13-22)19-8-10-20(23)11-9-19;/h3-11H,2,12-17H2,1H3,(H2,24,25,26);1H. The molecule has 1 fully saturated rings. The molecular weight excluding hydrogens is 468 g/mol. The number of hydrogen-bond acceptors (Lipinski definition) is 2. The van der Waals surface area contributed by atoms with Crippen molar-refractivity contribution in [3.05, 3.63) is 71.5 Å². The van der Waals surface area contributed by atoms with Crippen LogP contribution in [0.4, 0.5) is 4.39 Å². The normalized spacial score (nSPS) is 16.1. The molecule has 0 radical (unpaired) electrons. The molecule has 0 saturated carbocycles. The van der Waals surface area contributed by atoms with Crippen LogP contribution in [0.5, 0.6) is 0 Å². The lowest BCUT2D eigenvalue weighted by atomic mass is 9.74. The number of aliphatic imine (C=N–C) groups is 1. The Morgan fingerprint density at radius 3 is 2.36 bits per heavy atom. The van der Waals surface area contributed by atoms with Crippen molar-refractivity contribution in [1.29, 1.82) is 0 Å². The van der Waals surface area contributed by atoms with Crippen LogP contribution in [0.2, 0.25) is 0 Å². The van der Waals surface area contributed by atoms with Gasteiger partial charge in [-0.1, -0.05) is 42.5 Å². The van der Waals surface area contributed by atoms with E-state index < -0.39 is 0 Å². The lowest BCUT2D eigenvalue weighted by Crippen LogP contribution is -2.48. The van der Waals surface area contributed by atoms with Crippen LogP contribution >= 0.6 is 24.0 Å². The quantitative estimate of drug-likeness (QED) is 0.357. The topological polar surface area (TPSA) is 45.7 Å². The molecule has 2 aromatic rings. The third-order valence-corrected chi connectivity index (χ3v) is 5.11. The minimum Gasteiger partial charge on any atom is -0.381 e. The van der Waals surface area contributed by atoms with E-state index in [-0.39, 0.29) is 35.2 Å². The second-order valence-corrected chi connectivity index (χ2v) is 6.93. The molecule has 28 heavy (non-hydrogen) atoms. The Morgan fingerprint density at radius 1 is 1.04 bits per heavy atom. The van der Waals surface area contributed by atoms with Gasteiger partial charge in [0.2, 0.25) is 0 Å². The van der Waals surface area contributed by atoms with Crippen molar-refractivity contribution in [2.45, 2.75) is 31.7 Å². The summed E-state index contributed by atoms with van der Waals surface area (Å²) in [4.78, 5) is 4.71. The van der Waals surface area contributed by atoms with Crippen molar-refractivity contribution in [1.82, 2.24) is 10.6 Å². The first kappa shape index (κ1) is 22.6. The number of nitrogens with zero attached hydrogens (tertiary/aromatic N) is 1. The predicted octanol–water partition coefficient (Wildman–Crippen LogP) is 4.25. The SMILES string of the molecule is CCNC(=NCc1ccccc1)NCC1(c2ccc(F)cc2)CCOCC1.I. The summed E-state index contributed by atoms with van der Waals surface area (Å²) in [5, 5.41) is 6.82. The molecule has 0 spiro atoms. The fourth-order valence-electron chi connectivity index (χ4n) is 3.48. The van der Waals surface area contributed by atoms with Crippen molar-refractivity contribution in [3.63, 3.8) is 0 Å². The van der Waals surface area contributed by atoms with Gasteiger partial charge in [-0.15, -0.1) is 24.0 Å². The zero-order valence-electron chi connectivity index (χ0n) is 16.3. The summed E-state index contributed by atoms with van der Waals surface area (Å²) in [5.41, 5.74) is 2.25. The Balaban J connectivity index is 0.00000280. The van der Waals surface area contributed by atoms with Crippen molar-refractivity contribution in [3.8, 4) is 0 Å². The first-order valence-corrected chi connectivity index (χ1v) is 9.62. The monoisotopic (exact) mass is 497 g/mol. The number of ether oxygens (including phenoxy) is 1. The number of nitrogens with one attached hydrogen (secondary N) is 2. The van der Waals surface area contributed by atoms with Crippen molar-refractivity contribution in [2.24, 2.45) is 4.99 Å². The summed E-state index contributed by atoms with van der Waals surface area (Å²) in [6.07, 6.45) is 1.81. The maximum atomic E-state index is 13.4. The van der Waals surface area contributed by atoms with E-state index in [9.17, 15) is 4.39 Å². The molecule has 1 heterocycles. The van der Waals surface area contributed by atoms with Crippen LogP contribution in [-0.4, -0.2) is 32.3 Å². The molecule has 3 rings (SSSR count). The van der Waals surface area contributed by atoms with Gasteiger partial charge < -0.3 is 15.4 Å². The van der Waals surface area contributed by atoms with Gasteiger partial charge in [-0.25, -0.2) is 9.38 Å². The van der Waals surface area contributed by atoms with Crippen LogP contribution in [0, 0.1) is 5.82 Å². The predicted molar refractivity (Wildman–Crippen MR) is 123 cm³/mol. The van der Waals surface area contributed by atoms with E-state index in [0.717, 1.165) is 50.7 Å². The average Bonchev–Trinajstić information content (AvgIpc) is 2.72. The number of rotatable bonds is 6. The molecule has 152 valence electrons. The number of guanidine groups is 1.